The van der Waals surface area contributed by atoms with Gasteiger partial charge in [0.05, 0.1) is 6.10 Å². The van der Waals surface area contributed by atoms with E-state index in [9.17, 15) is 9.90 Å². The van der Waals surface area contributed by atoms with Gasteiger partial charge in [0.15, 0.2) is 0 Å². The van der Waals surface area contributed by atoms with Crippen LogP contribution in [0.3, 0.4) is 0 Å². The number of aromatic nitrogens is 1. The van der Waals surface area contributed by atoms with Gasteiger partial charge in [0.2, 0.25) is 0 Å². The molecule has 0 bridgehead atoms. The van der Waals surface area contributed by atoms with Gasteiger partial charge in [-0.2, -0.15) is 0 Å². The lowest BCUT2D eigenvalue weighted by Crippen LogP contribution is -2.42. The molecule has 1 fully saturated rings. The molecular formula is C22H23N3O2S. The predicted molar refractivity (Wildman–Crippen MR) is 112 cm³/mol. The summed E-state index contributed by atoms with van der Waals surface area (Å²) in [5.74, 6) is 0.184. The van der Waals surface area contributed by atoms with Crippen molar-refractivity contribution in [2.75, 3.05) is 18.4 Å². The topological polar surface area (TPSA) is 65.5 Å². The first-order valence-corrected chi connectivity index (χ1v) is 10.4. The minimum absolute atomic E-state index is 0.0883. The number of aliphatic hydroxyl groups is 1. The van der Waals surface area contributed by atoms with Crippen molar-refractivity contribution >= 4 is 23.1 Å². The largest absolute Gasteiger partial charge is 0.388 e. The zero-order valence-electron chi connectivity index (χ0n) is 15.5. The standard InChI is InChI=1S/C22H23N3O2S/c26-20(16-4-2-1-3-5-16)17-10-13-25(14-11-17)22(27)24-19-8-6-18(7-9-19)21-23-12-15-28-21/h1-9,12,15,17,20,26H,10-11,13-14H2,(H,24,27)/t20-/m0/s1. The maximum absolute atomic E-state index is 12.6. The molecule has 0 unspecified atom stereocenters. The number of nitrogens with one attached hydrogen (secondary N) is 1. The third kappa shape index (κ3) is 4.24. The van der Waals surface area contributed by atoms with Crippen molar-refractivity contribution < 1.29 is 9.90 Å². The van der Waals surface area contributed by atoms with Crippen LogP contribution in [0.2, 0.25) is 0 Å². The number of aliphatic hydroxyl groups excluding tert-OH is 1. The number of thiazole rings is 1. The zero-order chi connectivity index (χ0) is 19.3. The molecule has 5 nitrogen and oxygen atoms in total. The lowest BCUT2D eigenvalue weighted by atomic mass is 9.87. The van der Waals surface area contributed by atoms with Gasteiger partial charge in [-0.1, -0.05) is 30.3 Å². The van der Waals surface area contributed by atoms with Crippen molar-refractivity contribution in [3.05, 3.63) is 71.7 Å². The van der Waals surface area contributed by atoms with Crippen molar-refractivity contribution in [2.24, 2.45) is 5.92 Å². The number of benzene rings is 2. The van der Waals surface area contributed by atoms with E-state index in [0.717, 1.165) is 34.7 Å². The van der Waals surface area contributed by atoms with Gasteiger partial charge in [0, 0.05) is 35.9 Å². The number of amides is 2. The summed E-state index contributed by atoms with van der Waals surface area (Å²) in [6.07, 6.45) is 2.91. The second-order valence-electron chi connectivity index (χ2n) is 7.02. The molecule has 144 valence electrons. The van der Waals surface area contributed by atoms with E-state index in [1.807, 2.05) is 64.9 Å². The summed E-state index contributed by atoms with van der Waals surface area (Å²) in [5.41, 5.74) is 2.77. The van der Waals surface area contributed by atoms with Crippen LogP contribution in [0.4, 0.5) is 10.5 Å². The second-order valence-corrected chi connectivity index (χ2v) is 7.92. The lowest BCUT2D eigenvalue weighted by molar-refractivity contribution is 0.0683. The SMILES string of the molecule is O=C(Nc1ccc(-c2nccs2)cc1)N1CCC([C@@H](O)c2ccccc2)CC1. The Morgan fingerprint density at radius 1 is 1.11 bits per heavy atom. The molecule has 0 spiro atoms. The van der Waals surface area contributed by atoms with Crippen LogP contribution < -0.4 is 5.32 Å². The van der Waals surface area contributed by atoms with Crippen LogP contribution in [0.1, 0.15) is 24.5 Å². The highest BCUT2D eigenvalue weighted by molar-refractivity contribution is 7.13. The lowest BCUT2D eigenvalue weighted by Gasteiger charge is -2.34. The Morgan fingerprint density at radius 2 is 1.82 bits per heavy atom. The number of urea groups is 1. The summed E-state index contributed by atoms with van der Waals surface area (Å²) in [6, 6.07) is 17.4. The van der Waals surface area contributed by atoms with Crippen LogP contribution >= 0.6 is 11.3 Å². The predicted octanol–water partition coefficient (Wildman–Crippen LogP) is 4.79. The number of piperidine rings is 1. The molecule has 1 atom stereocenters. The fraction of sp³-hybridized carbons (Fsp3) is 0.273. The van der Waals surface area contributed by atoms with E-state index in [-0.39, 0.29) is 11.9 Å². The molecule has 6 heteroatoms. The van der Waals surface area contributed by atoms with Crippen LogP contribution in [-0.4, -0.2) is 34.1 Å². The van der Waals surface area contributed by atoms with Crippen molar-refractivity contribution in [3.63, 3.8) is 0 Å². The van der Waals surface area contributed by atoms with E-state index in [0.29, 0.717) is 13.1 Å². The fourth-order valence-corrected chi connectivity index (χ4v) is 4.25. The van der Waals surface area contributed by atoms with E-state index in [1.54, 1.807) is 17.5 Å². The molecule has 0 aliphatic carbocycles. The third-order valence-electron chi connectivity index (χ3n) is 5.23. The Labute approximate surface area is 168 Å². The van der Waals surface area contributed by atoms with Gasteiger partial charge in [-0.25, -0.2) is 9.78 Å². The number of nitrogens with zero attached hydrogens (tertiary/aromatic N) is 2. The van der Waals surface area contributed by atoms with E-state index in [4.69, 9.17) is 0 Å². The molecule has 2 N–H and O–H groups in total. The minimum atomic E-state index is -0.468. The molecule has 0 radical (unpaired) electrons. The summed E-state index contributed by atoms with van der Waals surface area (Å²) in [5, 5.41) is 16.5. The van der Waals surface area contributed by atoms with Crippen molar-refractivity contribution in [2.45, 2.75) is 18.9 Å². The Balaban J connectivity index is 1.30. The molecule has 1 aliphatic rings. The van der Waals surface area contributed by atoms with Crippen LogP contribution in [0.15, 0.2) is 66.2 Å². The normalized spacial score (nSPS) is 16.0. The number of hydrogen-bond donors (Lipinski definition) is 2. The van der Waals surface area contributed by atoms with Crippen molar-refractivity contribution in [1.29, 1.82) is 0 Å². The fourth-order valence-electron chi connectivity index (χ4n) is 3.61. The molecule has 28 heavy (non-hydrogen) atoms. The van der Waals surface area contributed by atoms with Crippen LogP contribution in [-0.2, 0) is 0 Å². The molecule has 2 heterocycles. The van der Waals surface area contributed by atoms with Gasteiger partial charge < -0.3 is 15.3 Å². The first-order chi connectivity index (χ1) is 13.7. The van der Waals surface area contributed by atoms with Gasteiger partial charge >= 0.3 is 6.03 Å². The van der Waals surface area contributed by atoms with Crippen LogP contribution in [0.25, 0.3) is 10.6 Å². The molecule has 1 aliphatic heterocycles. The molecule has 4 rings (SSSR count). The van der Waals surface area contributed by atoms with Gasteiger partial charge in [-0.3, -0.25) is 0 Å². The quantitative estimate of drug-likeness (QED) is 0.670. The molecule has 3 aromatic rings. The van der Waals surface area contributed by atoms with E-state index in [2.05, 4.69) is 10.3 Å². The summed E-state index contributed by atoms with van der Waals surface area (Å²) < 4.78 is 0. The maximum Gasteiger partial charge on any atom is 0.321 e. The molecule has 1 aromatic heterocycles. The number of rotatable bonds is 4. The Bertz CT molecular complexity index is 889. The average molecular weight is 394 g/mol. The van der Waals surface area contributed by atoms with E-state index >= 15 is 0 Å². The monoisotopic (exact) mass is 393 g/mol. The van der Waals surface area contributed by atoms with Gasteiger partial charge in [-0.15, -0.1) is 11.3 Å². The second kappa shape index (κ2) is 8.54. The minimum Gasteiger partial charge on any atom is -0.388 e. The van der Waals surface area contributed by atoms with Crippen LogP contribution in [0, 0.1) is 5.92 Å². The first-order valence-electron chi connectivity index (χ1n) is 9.49. The van der Waals surface area contributed by atoms with E-state index in [1.165, 1.54) is 0 Å². The summed E-state index contributed by atoms with van der Waals surface area (Å²) >= 11 is 1.59. The number of carbonyl (C=O) groups excluding carboxylic acids is 1. The van der Waals surface area contributed by atoms with Gasteiger partial charge in [0.25, 0.3) is 0 Å². The summed E-state index contributed by atoms with van der Waals surface area (Å²) in [4.78, 5) is 18.7. The molecule has 2 amide bonds. The van der Waals surface area contributed by atoms with E-state index < -0.39 is 6.10 Å². The van der Waals surface area contributed by atoms with Gasteiger partial charge in [0.1, 0.15) is 5.01 Å². The summed E-state index contributed by atoms with van der Waals surface area (Å²) in [7, 11) is 0. The Kier molecular flexibility index (Phi) is 5.69. The molecular weight excluding hydrogens is 370 g/mol. The number of likely N-dealkylation sites (tertiary alicyclic amines) is 1. The zero-order valence-corrected chi connectivity index (χ0v) is 16.3. The molecule has 0 saturated carbocycles. The Hall–Kier alpha value is -2.70. The van der Waals surface area contributed by atoms with Crippen molar-refractivity contribution in [1.82, 2.24) is 9.88 Å². The first kappa shape index (κ1) is 18.7. The molecule has 1 saturated heterocycles. The number of hydrogen-bond acceptors (Lipinski definition) is 4. The summed E-state index contributed by atoms with van der Waals surface area (Å²) in [6.45, 7) is 1.30. The number of anilines is 1. The highest BCUT2D eigenvalue weighted by Crippen LogP contribution is 2.31. The third-order valence-corrected chi connectivity index (χ3v) is 6.05. The molecule has 2 aromatic carbocycles. The average Bonchev–Trinajstić information content (AvgIpc) is 3.29. The maximum atomic E-state index is 12.6. The van der Waals surface area contributed by atoms with Crippen LogP contribution in [0.5, 0.6) is 0 Å². The van der Waals surface area contributed by atoms with Gasteiger partial charge in [-0.05, 0) is 48.6 Å². The highest BCUT2D eigenvalue weighted by Gasteiger charge is 2.28. The number of carbonyl (C=O) groups is 1. The smallest absolute Gasteiger partial charge is 0.321 e. The highest BCUT2D eigenvalue weighted by atomic mass is 32.1. The van der Waals surface area contributed by atoms with Crippen molar-refractivity contribution in [3.8, 4) is 10.6 Å². The Morgan fingerprint density at radius 3 is 2.46 bits per heavy atom.